The van der Waals surface area contributed by atoms with Crippen LogP contribution in [-0.4, -0.2) is 68.4 Å². The molecule has 2 heterocycles. The number of nitrogens with one attached hydrogen (secondary N) is 5. The lowest BCUT2D eigenvalue weighted by Gasteiger charge is -2.25. The first-order valence-corrected chi connectivity index (χ1v) is 11.5. The number of rotatable bonds is 12. The van der Waals surface area contributed by atoms with E-state index >= 15 is 0 Å². The van der Waals surface area contributed by atoms with Gasteiger partial charge in [-0.2, -0.15) is 0 Å². The zero-order valence-electron chi connectivity index (χ0n) is 20.1. The molecule has 3 amide bonds. The first-order chi connectivity index (χ1) is 17.2. The number of imidazole rings is 1. The molecule has 2 aromatic heterocycles. The third-order valence-electron chi connectivity index (χ3n) is 5.78. The van der Waals surface area contributed by atoms with E-state index in [1.807, 2.05) is 24.3 Å². The number of carbonyl (C=O) groups is 4. The van der Waals surface area contributed by atoms with E-state index in [4.69, 9.17) is 5.73 Å². The summed E-state index contributed by atoms with van der Waals surface area (Å²) >= 11 is 0. The lowest BCUT2D eigenvalue weighted by molar-refractivity contribution is -0.143. The van der Waals surface area contributed by atoms with Gasteiger partial charge in [-0.15, -0.1) is 0 Å². The molecule has 36 heavy (non-hydrogen) atoms. The molecule has 0 radical (unpaired) electrons. The number of aromatic amines is 2. The molecule has 1 aromatic carbocycles. The summed E-state index contributed by atoms with van der Waals surface area (Å²) in [5.41, 5.74) is 7.62. The van der Waals surface area contributed by atoms with Crippen LogP contribution < -0.4 is 21.7 Å². The third kappa shape index (κ3) is 6.69. The number of H-pyrrole nitrogens is 2. The minimum Gasteiger partial charge on any atom is -0.480 e. The van der Waals surface area contributed by atoms with Gasteiger partial charge in [0.05, 0.1) is 12.9 Å². The summed E-state index contributed by atoms with van der Waals surface area (Å²) in [4.78, 5) is 60.1. The Hall–Kier alpha value is -4.19. The maximum absolute atomic E-state index is 13.3. The number of amides is 3. The summed E-state index contributed by atoms with van der Waals surface area (Å²) in [5.74, 6) is -3.38. The summed E-state index contributed by atoms with van der Waals surface area (Å²) in [6, 6.07) is 4.20. The Morgan fingerprint density at radius 2 is 1.69 bits per heavy atom. The van der Waals surface area contributed by atoms with Crippen LogP contribution in [0.2, 0.25) is 0 Å². The van der Waals surface area contributed by atoms with Crippen molar-refractivity contribution in [1.82, 2.24) is 30.9 Å². The van der Waals surface area contributed by atoms with Crippen LogP contribution in [0.3, 0.4) is 0 Å². The Balaban J connectivity index is 1.87. The molecule has 0 aliphatic carbocycles. The average Bonchev–Trinajstić information content (AvgIpc) is 3.51. The number of carboxylic acid groups (broad SMARTS) is 1. The fraction of sp³-hybridized carbons (Fsp3) is 0.375. The summed E-state index contributed by atoms with van der Waals surface area (Å²) in [5, 5.41) is 18.2. The van der Waals surface area contributed by atoms with Crippen LogP contribution in [0.4, 0.5) is 0 Å². The molecule has 8 N–H and O–H groups in total. The summed E-state index contributed by atoms with van der Waals surface area (Å²) in [6.07, 6.45) is 4.88. The largest absolute Gasteiger partial charge is 0.480 e. The number of nitrogens with two attached hydrogens (primary N) is 1. The van der Waals surface area contributed by atoms with Gasteiger partial charge in [-0.25, -0.2) is 9.78 Å². The Morgan fingerprint density at radius 1 is 1.00 bits per heavy atom. The first-order valence-electron chi connectivity index (χ1n) is 11.5. The van der Waals surface area contributed by atoms with Gasteiger partial charge >= 0.3 is 5.97 Å². The normalized spacial score (nSPS) is 13.7. The average molecular weight is 498 g/mol. The Kier molecular flexibility index (Phi) is 8.79. The van der Waals surface area contributed by atoms with Gasteiger partial charge in [0.1, 0.15) is 18.1 Å². The lowest BCUT2D eigenvalue weighted by atomic mass is 10.0. The molecule has 0 fully saturated rings. The molecule has 0 bridgehead atoms. The molecular formula is C24H31N7O5. The summed E-state index contributed by atoms with van der Waals surface area (Å²) in [6.45, 7) is 3.03. The molecule has 0 spiro atoms. The van der Waals surface area contributed by atoms with Gasteiger partial charge in [-0.05, 0) is 17.5 Å². The molecule has 0 saturated carbocycles. The number of hydrogen-bond acceptors (Lipinski definition) is 6. The van der Waals surface area contributed by atoms with Gasteiger partial charge < -0.3 is 36.8 Å². The van der Waals surface area contributed by atoms with Gasteiger partial charge in [0, 0.05) is 41.8 Å². The Morgan fingerprint density at radius 3 is 2.33 bits per heavy atom. The molecule has 0 aliphatic rings. The topological polar surface area (TPSA) is 195 Å². The minimum atomic E-state index is -1.18. The number of aliphatic carboxylic acids is 1. The van der Waals surface area contributed by atoms with Crippen LogP contribution >= 0.6 is 0 Å². The molecule has 3 atom stereocenters. The maximum atomic E-state index is 13.3. The van der Waals surface area contributed by atoms with Crippen LogP contribution in [0.25, 0.3) is 10.9 Å². The number of fused-ring (bicyclic) bond motifs is 1. The molecule has 3 rings (SSSR count). The van der Waals surface area contributed by atoms with Crippen molar-refractivity contribution in [3.63, 3.8) is 0 Å². The van der Waals surface area contributed by atoms with Gasteiger partial charge in [0.25, 0.3) is 0 Å². The second kappa shape index (κ2) is 12.0. The van der Waals surface area contributed by atoms with E-state index in [9.17, 15) is 24.3 Å². The van der Waals surface area contributed by atoms with Crippen molar-refractivity contribution in [2.24, 2.45) is 11.7 Å². The number of aromatic nitrogens is 3. The molecule has 12 heteroatoms. The lowest BCUT2D eigenvalue weighted by Crippen LogP contribution is -2.57. The quantitative estimate of drug-likeness (QED) is 0.180. The smallest absolute Gasteiger partial charge is 0.326 e. The van der Waals surface area contributed by atoms with Gasteiger partial charge in [0.2, 0.25) is 17.7 Å². The first kappa shape index (κ1) is 26.4. The Labute approximate surface area is 207 Å². The van der Waals surface area contributed by atoms with E-state index in [-0.39, 0.29) is 25.3 Å². The van der Waals surface area contributed by atoms with Crippen LogP contribution in [0.1, 0.15) is 25.1 Å². The van der Waals surface area contributed by atoms with Crippen molar-refractivity contribution >= 4 is 34.6 Å². The molecule has 192 valence electrons. The van der Waals surface area contributed by atoms with Crippen LogP contribution in [0.5, 0.6) is 0 Å². The fourth-order valence-electron chi connectivity index (χ4n) is 3.85. The fourth-order valence-corrected chi connectivity index (χ4v) is 3.85. The molecule has 0 aliphatic heterocycles. The van der Waals surface area contributed by atoms with Gasteiger partial charge in [-0.3, -0.25) is 14.4 Å². The predicted molar refractivity (Wildman–Crippen MR) is 132 cm³/mol. The van der Waals surface area contributed by atoms with Crippen LogP contribution in [0, 0.1) is 5.92 Å². The highest BCUT2D eigenvalue weighted by Crippen LogP contribution is 2.19. The van der Waals surface area contributed by atoms with E-state index in [0.717, 1.165) is 16.5 Å². The number of carbonyl (C=O) groups excluding carboxylic acids is 3. The zero-order valence-corrected chi connectivity index (χ0v) is 20.1. The third-order valence-corrected chi connectivity index (χ3v) is 5.78. The van der Waals surface area contributed by atoms with E-state index in [0.29, 0.717) is 5.69 Å². The van der Waals surface area contributed by atoms with E-state index < -0.39 is 41.8 Å². The monoisotopic (exact) mass is 497 g/mol. The second-order valence-electron chi connectivity index (χ2n) is 8.80. The predicted octanol–water partition coefficient (Wildman–Crippen LogP) is -0.170. The van der Waals surface area contributed by atoms with E-state index in [1.165, 1.54) is 12.5 Å². The van der Waals surface area contributed by atoms with E-state index in [2.05, 4.69) is 30.9 Å². The van der Waals surface area contributed by atoms with Crippen LogP contribution in [0.15, 0.2) is 43.0 Å². The van der Waals surface area contributed by atoms with Crippen molar-refractivity contribution in [3.05, 3.63) is 54.2 Å². The number of para-hydroxylation sites is 1. The molecule has 3 aromatic rings. The second-order valence-corrected chi connectivity index (χ2v) is 8.80. The molecular weight excluding hydrogens is 466 g/mol. The van der Waals surface area contributed by atoms with Crippen molar-refractivity contribution < 1.29 is 24.3 Å². The maximum Gasteiger partial charge on any atom is 0.326 e. The van der Waals surface area contributed by atoms with Gasteiger partial charge in [0.15, 0.2) is 0 Å². The minimum absolute atomic E-state index is 0.0861. The highest BCUT2D eigenvalue weighted by molar-refractivity contribution is 5.94. The van der Waals surface area contributed by atoms with Crippen molar-refractivity contribution in [1.29, 1.82) is 0 Å². The highest BCUT2D eigenvalue weighted by Gasteiger charge is 2.31. The van der Waals surface area contributed by atoms with Gasteiger partial charge in [-0.1, -0.05) is 32.0 Å². The van der Waals surface area contributed by atoms with Crippen LogP contribution in [-0.2, 0) is 32.0 Å². The van der Waals surface area contributed by atoms with Crippen molar-refractivity contribution in [3.8, 4) is 0 Å². The number of nitrogens with zero attached hydrogens (tertiary/aromatic N) is 1. The zero-order chi connectivity index (χ0) is 26.2. The summed E-state index contributed by atoms with van der Waals surface area (Å²) < 4.78 is 0. The number of benzene rings is 1. The molecule has 3 unspecified atom stereocenters. The SMILES string of the molecule is CC(C)C(NC(=O)C(Cc1c[nH]c2ccccc12)NC(=O)C(Cc1cnc[nH]1)NC(=O)CN)C(=O)O. The molecule has 12 nitrogen and oxygen atoms in total. The van der Waals surface area contributed by atoms with Crippen molar-refractivity contribution in [2.45, 2.75) is 44.8 Å². The summed E-state index contributed by atoms with van der Waals surface area (Å²) in [7, 11) is 0. The Bertz CT molecular complexity index is 1200. The van der Waals surface area contributed by atoms with E-state index in [1.54, 1.807) is 20.0 Å². The highest BCUT2D eigenvalue weighted by atomic mass is 16.4. The van der Waals surface area contributed by atoms with Crippen molar-refractivity contribution in [2.75, 3.05) is 6.54 Å². The standard InChI is InChI=1S/C24H31N7O5/c1-13(2)21(24(35)36)31-23(34)18(7-14-10-27-17-6-4-3-5-16(14)17)30-22(33)19(29-20(32)9-25)8-15-11-26-12-28-15/h3-6,10-13,18-19,21,27H,7-9,25H2,1-2H3,(H,26,28)(H,29,32)(H,30,33)(H,31,34)(H,35,36). The number of carboxylic acids is 1. The number of hydrogen-bond donors (Lipinski definition) is 7. The molecule has 0 saturated heterocycles.